The maximum absolute atomic E-state index is 4.19. The fourth-order valence-electron chi connectivity index (χ4n) is 1.03. The van der Waals surface area contributed by atoms with E-state index in [4.69, 9.17) is 0 Å². The van der Waals surface area contributed by atoms with Crippen molar-refractivity contribution < 1.29 is 0 Å². The van der Waals surface area contributed by atoms with Gasteiger partial charge in [0.05, 0.1) is 11.4 Å². The Labute approximate surface area is 105 Å². The van der Waals surface area contributed by atoms with Crippen LogP contribution in [0.5, 0.6) is 0 Å². The predicted octanol–water partition coefficient (Wildman–Crippen LogP) is 3.93. The first-order valence-corrected chi connectivity index (χ1v) is 6.39. The zero-order valence-electron chi connectivity index (χ0n) is 9.31. The molecule has 0 bridgehead atoms. The second-order valence-corrected chi connectivity index (χ2v) is 3.91. The van der Waals surface area contributed by atoms with E-state index in [1.165, 1.54) is 6.42 Å². The van der Waals surface area contributed by atoms with Crippen molar-refractivity contribution in [3.63, 3.8) is 0 Å². The smallest absolute Gasteiger partial charge is 0.0886 e. The van der Waals surface area contributed by atoms with Gasteiger partial charge in [-0.1, -0.05) is 35.0 Å². The summed E-state index contributed by atoms with van der Waals surface area (Å²) in [7, 11) is 0. The van der Waals surface area contributed by atoms with Gasteiger partial charge in [0.2, 0.25) is 0 Å². The average molecular weight is 279 g/mol. The lowest BCUT2D eigenvalue weighted by Gasteiger charge is -1.96. The van der Waals surface area contributed by atoms with Gasteiger partial charge in [0, 0.05) is 17.7 Å². The average Bonchev–Trinajstić information content (AvgIpc) is 2.41. The Kier molecular flexibility index (Phi) is 6.42. The van der Waals surface area contributed by atoms with Crippen molar-refractivity contribution >= 4 is 15.9 Å². The van der Waals surface area contributed by atoms with Crippen LogP contribution in [0.25, 0.3) is 11.4 Å². The number of rotatable bonds is 2. The fraction of sp³-hybridized carbons (Fsp3) is 0.231. The van der Waals surface area contributed by atoms with Gasteiger partial charge in [-0.05, 0) is 30.7 Å². The van der Waals surface area contributed by atoms with Gasteiger partial charge >= 0.3 is 0 Å². The molecule has 0 saturated carbocycles. The van der Waals surface area contributed by atoms with Crippen LogP contribution in [0, 0.1) is 0 Å². The first-order chi connectivity index (χ1) is 7.88. The summed E-state index contributed by atoms with van der Waals surface area (Å²) in [6, 6.07) is 11.6. The van der Waals surface area contributed by atoms with E-state index in [-0.39, 0.29) is 0 Å². The van der Waals surface area contributed by atoms with Crippen molar-refractivity contribution in [2.24, 2.45) is 0 Å². The van der Waals surface area contributed by atoms with Crippen LogP contribution < -0.4 is 0 Å². The third kappa shape index (κ3) is 4.53. The number of hydrogen-bond acceptors (Lipinski definition) is 2. The van der Waals surface area contributed by atoms with Crippen molar-refractivity contribution in [2.75, 3.05) is 5.33 Å². The summed E-state index contributed by atoms with van der Waals surface area (Å²) in [6.45, 7) is 2.13. The minimum absolute atomic E-state index is 0.915. The van der Waals surface area contributed by atoms with E-state index in [1.807, 2.05) is 36.4 Å². The Morgan fingerprint density at radius 1 is 0.938 bits per heavy atom. The summed E-state index contributed by atoms with van der Waals surface area (Å²) >= 11 is 3.25. The zero-order chi connectivity index (χ0) is 11.6. The summed E-state index contributed by atoms with van der Waals surface area (Å²) in [5, 5.41) is 1.13. The normalized spacial score (nSPS) is 9.12. The molecule has 2 heterocycles. The monoisotopic (exact) mass is 278 g/mol. The van der Waals surface area contributed by atoms with Crippen LogP contribution in [0.2, 0.25) is 0 Å². The van der Waals surface area contributed by atoms with Gasteiger partial charge in [0.25, 0.3) is 0 Å². The Morgan fingerprint density at radius 3 is 1.62 bits per heavy atom. The van der Waals surface area contributed by atoms with Crippen molar-refractivity contribution in [1.82, 2.24) is 9.97 Å². The molecule has 0 aliphatic rings. The Morgan fingerprint density at radius 2 is 1.38 bits per heavy atom. The van der Waals surface area contributed by atoms with E-state index in [1.54, 1.807) is 12.4 Å². The third-order valence-electron chi connectivity index (χ3n) is 1.78. The molecule has 2 rings (SSSR count). The molecule has 2 aromatic rings. The molecule has 0 amide bonds. The number of hydrogen-bond donors (Lipinski definition) is 0. The van der Waals surface area contributed by atoms with Crippen LogP contribution in [0.4, 0.5) is 0 Å². The highest BCUT2D eigenvalue weighted by molar-refractivity contribution is 9.09. The number of nitrogens with zero attached hydrogens (tertiary/aromatic N) is 2. The molecule has 0 aliphatic carbocycles. The highest BCUT2D eigenvalue weighted by Crippen LogP contribution is 2.10. The van der Waals surface area contributed by atoms with Crippen LogP contribution >= 0.6 is 15.9 Å². The minimum Gasteiger partial charge on any atom is -0.255 e. The number of pyridine rings is 2. The lowest BCUT2D eigenvalue weighted by molar-refractivity contribution is 1.12. The third-order valence-corrected chi connectivity index (χ3v) is 2.57. The Bertz CT molecular complexity index is 336. The quantitative estimate of drug-likeness (QED) is 0.778. The van der Waals surface area contributed by atoms with Crippen LogP contribution in [0.1, 0.15) is 13.3 Å². The molecule has 0 saturated heterocycles. The highest BCUT2D eigenvalue weighted by Gasteiger charge is 1.95. The van der Waals surface area contributed by atoms with Gasteiger partial charge in [-0.25, -0.2) is 0 Å². The largest absolute Gasteiger partial charge is 0.255 e. The van der Waals surface area contributed by atoms with E-state index in [2.05, 4.69) is 32.8 Å². The van der Waals surface area contributed by atoms with Crippen molar-refractivity contribution in [1.29, 1.82) is 0 Å². The zero-order valence-corrected chi connectivity index (χ0v) is 10.9. The summed E-state index contributed by atoms with van der Waals surface area (Å²) in [4.78, 5) is 8.37. The molecule has 0 aromatic carbocycles. The molecule has 16 heavy (non-hydrogen) atoms. The molecule has 0 unspecified atom stereocenters. The maximum Gasteiger partial charge on any atom is 0.0886 e. The molecule has 0 radical (unpaired) electrons. The summed E-state index contributed by atoms with van der Waals surface area (Å²) in [6.07, 6.45) is 4.77. The SMILES string of the molecule is CCCBr.c1ccc(-c2ccccn2)nc1. The molecule has 0 fully saturated rings. The molecular formula is C13H15BrN2. The van der Waals surface area contributed by atoms with Crippen molar-refractivity contribution in [3.8, 4) is 11.4 Å². The minimum atomic E-state index is 0.915. The highest BCUT2D eigenvalue weighted by atomic mass is 79.9. The molecule has 3 heteroatoms. The van der Waals surface area contributed by atoms with Crippen LogP contribution in [0.3, 0.4) is 0 Å². The van der Waals surface area contributed by atoms with E-state index in [9.17, 15) is 0 Å². The number of alkyl halides is 1. The van der Waals surface area contributed by atoms with E-state index in [0.29, 0.717) is 0 Å². The van der Waals surface area contributed by atoms with Crippen LogP contribution in [-0.4, -0.2) is 15.3 Å². The molecule has 2 aromatic heterocycles. The topological polar surface area (TPSA) is 25.8 Å². The fourth-order valence-corrected chi connectivity index (χ4v) is 1.03. The van der Waals surface area contributed by atoms with Gasteiger partial charge in [0.1, 0.15) is 0 Å². The molecule has 84 valence electrons. The molecule has 0 spiro atoms. The van der Waals surface area contributed by atoms with Crippen molar-refractivity contribution in [3.05, 3.63) is 48.8 Å². The van der Waals surface area contributed by atoms with Gasteiger partial charge in [-0.3, -0.25) is 9.97 Å². The number of halogens is 1. The van der Waals surface area contributed by atoms with Crippen LogP contribution in [-0.2, 0) is 0 Å². The summed E-state index contributed by atoms with van der Waals surface area (Å²) in [5.74, 6) is 0. The Hall–Kier alpha value is -1.22. The second-order valence-electron chi connectivity index (χ2n) is 3.12. The number of aromatic nitrogens is 2. The van der Waals surface area contributed by atoms with Gasteiger partial charge in [-0.15, -0.1) is 0 Å². The lowest BCUT2D eigenvalue weighted by atomic mass is 10.2. The predicted molar refractivity (Wildman–Crippen MR) is 71.6 cm³/mol. The molecular weight excluding hydrogens is 264 g/mol. The van der Waals surface area contributed by atoms with E-state index < -0.39 is 0 Å². The molecule has 2 nitrogen and oxygen atoms in total. The first kappa shape index (κ1) is 12.8. The first-order valence-electron chi connectivity index (χ1n) is 5.27. The van der Waals surface area contributed by atoms with Gasteiger partial charge in [-0.2, -0.15) is 0 Å². The molecule has 0 atom stereocenters. The van der Waals surface area contributed by atoms with Gasteiger partial charge < -0.3 is 0 Å². The van der Waals surface area contributed by atoms with Crippen LogP contribution in [0.15, 0.2) is 48.8 Å². The Balaban J connectivity index is 0.000000280. The summed E-state index contributed by atoms with van der Waals surface area (Å²) < 4.78 is 0. The molecule has 0 aliphatic heterocycles. The van der Waals surface area contributed by atoms with E-state index >= 15 is 0 Å². The van der Waals surface area contributed by atoms with Crippen molar-refractivity contribution in [2.45, 2.75) is 13.3 Å². The summed E-state index contributed by atoms with van der Waals surface area (Å²) in [5.41, 5.74) is 1.83. The van der Waals surface area contributed by atoms with Gasteiger partial charge in [0.15, 0.2) is 0 Å². The maximum atomic E-state index is 4.19. The van der Waals surface area contributed by atoms with E-state index in [0.717, 1.165) is 16.7 Å². The lowest BCUT2D eigenvalue weighted by Crippen LogP contribution is -1.83. The molecule has 0 N–H and O–H groups in total. The standard InChI is InChI=1S/C10H8N2.C3H7Br/c1-3-7-11-9(5-1)10-6-2-4-8-12-10;1-2-3-4/h1-8H;2-3H2,1H3. The second kappa shape index (κ2) is 7.99.